The average Bonchev–Trinajstić information content (AvgIpc) is 2.54. The predicted octanol–water partition coefficient (Wildman–Crippen LogP) is 7.62. The Bertz CT molecular complexity index is 275. The van der Waals surface area contributed by atoms with Gasteiger partial charge in [-0.05, 0) is 0 Å². The second kappa shape index (κ2) is 43.2. The molecule has 0 saturated carbocycles. The Morgan fingerprint density at radius 1 is 0.667 bits per heavy atom. The van der Waals surface area contributed by atoms with E-state index < -0.39 is 7.82 Å². The zero-order valence-corrected chi connectivity index (χ0v) is 22.5. The Morgan fingerprint density at radius 3 is 1.00 bits per heavy atom. The summed E-state index contributed by atoms with van der Waals surface area (Å²) in [6.07, 6.45) is 24.3. The molecule has 0 bridgehead atoms. The Balaban J connectivity index is -0.0000000759. The fraction of sp³-hybridized carbons (Fsp3) is 0.783. The third kappa shape index (κ3) is 90.1. The van der Waals surface area contributed by atoms with Crippen LogP contribution >= 0.6 is 7.82 Å². The molecule has 0 rings (SSSR count). The standard InChI is InChI=1S/C18H37.C2H3O.3CH3.Fe.H3O4P/c1-3-5-7-9-11-13-15-17-18-16-14-12-10-8-6-4-2;1-2-3;;;;;1-5(2,3)4/h1,3-18H2,2H3;1H3;3*1H3;;(H3,1,2,3,4)/q5*-1;+5;. The van der Waals surface area contributed by atoms with E-state index in [2.05, 4.69) is 13.8 Å². The molecule has 0 unspecified atom stereocenters. The van der Waals surface area contributed by atoms with Gasteiger partial charge in [0.25, 0.3) is 0 Å². The molecule has 0 aliphatic heterocycles. The maximum atomic E-state index is 8.88. The van der Waals surface area contributed by atoms with E-state index in [4.69, 9.17) is 24.0 Å². The predicted molar refractivity (Wildman–Crippen MR) is 130 cm³/mol. The molecule has 0 fully saturated rings. The summed E-state index contributed by atoms with van der Waals surface area (Å²) < 4.78 is 8.88. The van der Waals surface area contributed by atoms with Gasteiger partial charge in [0.05, 0.1) is 0 Å². The maximum Gasteiger partial charge on any atom is 5.00 e. The van der Waals surface area contributed by atoms with Crippen LogP contribution in [-0.2, 0) is 26.4 Å². The van der Waals surface area contributed by atoms with Gasteiger partial charge < -0.3 is 48.7 Å². The van der Waals surface area contributed by atoms with E-state index in [-0.39, 0.29) is 39.3 Å². The van der Waals surface area contributed by atoms with Crippen molar-refractivity contribution in [1.82, 2.24) is 0 Å². The average molecular weight is 495 g/mol. The number of hydrogen-bond donors (Lipinski definition) is 3. The van der Waals surface area contributed by atoms with Crippen LogP contribution in [-0.4, -0.2) is 21.0 Å². The molecule has 3 N–H and O–H groups in total. The van der Waals surface area contributed by atoms with Crippen LogP contribution in [0.15, 0.2) is 0 Å². The third-order valence-corrected chi connectivity index (χ3v) is 3.85. The van der Waals surface area contributed by atoms with E-state index in [1.807, 2.05) is 0 Å². The van der Waals surface area contributed by atoms with Gasteiger partial charge in [0.2, 0.25) is 0 Å². The van der Waals surface area contributed by atoms with Crippen LogP contribution in [0.25, 0.3) is 0 Å². The smallest absolute Gasteiger partial charge is 0.542 e. The molecule has 5 nitrogen and oxygen atoms in total. The molecule has 0 atom stereocenters. The summed E-state index contributed by atoms with van der Waals surface area (Å²) in [5, 5.41) is 0. The molecule has 0 spiro atoms. The van der Waals surface area contributed by atoms with Gasteiger partial charge in [-0.1, -0.05) is 103 Å². The Morgan fingerprint density at radius 2 is 0.833 bits per heavy atom. The minimum absolute atomic E-state index is 0. The fourth-order valence-corrected chi connectivity index (χ4v) is 2.55. The van der Waals surface area contributed by atoms with Gasteiger partial charge >= 0.3 is 24.9 Å². The van der Waals surface area contributed by atoms with Gasteiger partial charge in [0.1, 0.15) is 0 Å². The molecular weight excluding hydrogens is 443 g/mol. The van der Waals surface area contributed by atoms with Crippen molar-refractivity contribution in [3.8, 4) is 0 Å². The van der Waals surface area contributed by atoms with E-state index in [0.29, 0.717) is 0 Å². The molecule has 30 heavy (non-hydrogen) atoms. The van der Waals surface area contributed by atoms with Crippen LogP contribution in [0.4, 0.5) is 0 Å². The summed E-state index contributed by atoms with van der Waals surface area (Å²) in [7, 11) is -4.64. The minimum atomic E-state index is -4.64. The summed E-state index contributed by atoms with van der Waals surface area (Å²) in [5.74, 6) is 0. The van der Waals surface area contributed by atoms with Crippen molar-refractivity contribution in [2.24, 2.45) is 0 Å². The van der Waals surface area contributed by atoms with Crippen molar-refractivity contribution in [2.75, 3.05) is 0 Å². The van der Waals surface area contributed by atoms with Crippen LogP contribution < -0.4 is 0 Å². The first-order valence-corrected chi connectivity index (χ1v) is 11.8. The molecule has 0 amide bonds. The molecular formula is C23H52FeO5P. The Kier molecular flexibility index (Phi) is 69.0. The molecule has 0 aromatic carbocycles. The minimum Gasteiger partial charge on any atom is -0.542 e. The molecule has 0 aromatic rings. The molecule has 0 saturated heterocycles. The largest absolute Gasteiger partial charge is 5.00 e. The van der Waals surface area contributed by atoms with Gasteiger partial charge in [0.15, 0.2) is 0 Å². The zero-order valence-electron chi connectivity index (χ0n) is 20.5. The van der Waals surface area contributed by atoms with Crippen molar-refractivity contribution < 1.29 is 41.1 Å². The van der Waals surface area contributed by atoms with Crippen molar-refractivity contribution in [1.29, 1.82) is 0 Å². The quantitative estimate of drug-likeness (QED) is 0.0940. The fourth-order valence-electron chi connectivity index (χ4n) is 2.55. The Labute approximate surface area is 200 Å². The van der Waals surface area contributed by atoms with E-state index in [1.165, 1.54) is 110 Å². The van der Waals surface area contributed by atoms with Crippen molar-refractivity contribution >= 4 is 14.1 Å². The van der Waals surface area contributed by atoms with Gasteiger partial charge in [0, 0.05) is 0 Å². The number of phosphoric acid groups is 1. The third-order valence-electron chi connectivity index (χ3n) is 3.85. The molecule has 7 heteroatoms. The monoisotopic (exact) mass is 495 g/mol. The molecule has 0 aliphatic rings. The van der Waals surface area contributed by atoms with Crippen LogP contribution in [0.5, 0.6) is 0 Å². The number of carbonyl (C=O) groups excluding carboxylic acids is 1. The van der Waals surface area contributed by atoms with E-state index >= 15 is 0 Å². The normalized spacial score (nSPS) is 9.00. The number of hydrogen-bond acceptors (Lipinski definition) is 2. The second-order valence-corrected chi connectivity index (χ2v) is 7.55. The van der Waals surface area contributed by atoms with Crippen LogP contribution in [0.1, 0.15) is 117 Å². The zero-order chi connectivity index (χ0) is 20.5. The van der Waals surface area contributed by atoms with E-state index in [0.717, 1.165) is 6.42 Å². The van der Waals surface area contributed by atoms with E-state index in [9.17, 15) is 0 Å². The van der Waals surface area contributed by atoms with Crippen molar-refractivity contribution in [2.45, 2.75) is 117 Å². The number of unbranched alkanes of at least 4 members (excludes halogenated alkanes) is 15. The maximum absolute atomic E-state index is 8.88. The van der Waals surface area contributed by atoms with Crippen LogP contribution in [0.3, 0.4) is 0 Å². The summed E-state index contributed by atoms with van der Waals surface area (Å²) in [4.78, 5) is 30.2. The second-order valence-electron chi connectivity index (χ2n) is 6.52. The van der Waals surface area contributed by atoms with Crippen molar-refractivity contribution in [3.05, 3.63) is 29.2 Å². The summed E-state index contributed by atoms with van der Waals surface area (Å²) in [6.45, 7) is 7.50. The summed E-state index contributed by atoms with van der Waals surface area (Å²) in [5.41, 5.74) is 0. The summed E-state index contributed by atoms with van der Waals surface area (Å²) >= 11 is 0. The molecule has 1 radical (unpaired) electrons. The van der Waals surface area contributed by atoms with Crippen LogP contribution in [0, 0.1) is 29.2 Å². The van der Waals surface area contributed by atoms with Crippen LogP contribution in [0.2, 0.25) is 0 Å². The molecule has 187 valence electrons. The van der Waals surface area contributed by atoms with Gasteiger partial charge in [-0.3, -0.25) is 6.29 Å². The van der Waals surface area contributed by atoms with Gasteiger partial charge in [-0.25, -0.2) is 4.57 Å². The Hall–Kier alpha value is 0.299. The van der Waals surface area contributed by atoms with Gasteiger partial charge in [-0.15, -0.1) is 0 Å². The van der Waals surface area contributed by atoms with E-state index in [1.54, 1.807) is 0 Å². The molecule has 0 heterocycles. The topological polar surface area (TPSA) is 94.8 Å². The number of rotatable bonds is 15. The first-order chi connectivity index (χ1) is 12.3. The van der Waals surface area contributed by atoms with Crippen molar-refractivity contribution in [3.63, 3.8) is 0 Å². The molecule has 0 aromatic heterocycles. The first kappa shape index (κ1) is 47.9. The summed E-state index contributed by atoms with van der Waals surface area (Å²) in [6, 6.07) is 0. The van der Waals surface area contributed by atoms with Gasteiger partial charge in [-0.2, -0.15) is 13.3 Å². The molecule has 0 aliphatic carbocycles. The SMILES string of the molecule is C[C-]=O.O=P(O)(O)O.[CH2-]CCCCCCCCCCCCCCCCC.[CH3-].[CH3-].[CH3-].[Fe+5]. The first-order valence-electron chi connectivity index (χ1n) is 10.2.